The maximum absolute atomic E-state index is 13.0. The van der Waals surface area contributed by atoms with Gasteiger partial charge in [0.1, 0.15) is 0 Å². The second-order valence-electron chi connectivity index (χ2n) is 9.60. The molecule has 2 aromatic carbocycles. The van der Waals surface area contributed by atoms with E-state index in [0.29, 0.717) is 24.8 Å². The summed E-state index contributed by atoms with van der Waals surface area (Å²) in [4.78, 5) is 17.0. The molecule has 180 valence electrons. The first-order valence-corrected chi connectivity index (χ1v) is 12.2. The summed E-state index contributed by atoms with van der Waals surface area (Å²) in [6.07, 6.45) is 2.43. The number of hydrogen-bond donors (Lipinski definition) is 1. The van der Waals surface area contributed by atoms with Crippen molar-refractivity contribution in [1.82, 2.24) is 20.3 Å². The van der Waals surface area contributed by atoms with Crippen LogP contribution in [0.15, 0.2) is 71.3 Å². The topological polar surface area (TPSA) is 61.6 Å². The Morgan fingerprint density at radius 2 is 1.65 bits per heavy atom. The number of carbonyl (C=O) groups excluding carboxylic acids is 1. The quantitative estimate of drug-likeness (QED) is 0.493. The van der Waals surface area contributed by atoms with E-state index in [1.807, 2.05) is 36.2 Å². The fraction of sp³-hybridized carbons (Fsp3) is 0.429. The lowest BCUT2D eigenvalue weighted by atomic mass is 9.81. The van der Waals surface area contributed by atoms with Gasteiger partial charge in [-0.1, -0.05) is 65.8 Å². The molecule has 1 saturated heterocycles. The summed E-state index contributed by atoms with van der Waals surface area (Å²) in [6.45, 7) is 4.11. The van der Waals surface area contributed by atoms with Gasteiger partial charge in [-0.2, -0.15) is 0 Å². The molecule has 0 spiro atoms. The Bertz CT molecular complexity index is 1020. The van der Waals surface area contributed by atoms with Crippen molar-refractivity contribution in [3.8, 4) is 0 Å². The van der Waals surface area contributed by atoms with Gasteiger partial charge in [-0.05, 0) is 55.9 Å². The SMILES string of the molecule is CN(Cc1ccccc1)Cc1cc(C[C@H]2CNCC[C@H]2CC(=O)N(C)Cc2ccccc2)no1. The van der Waals surface area contributed by atoms with Gasteiger partial charge in [0.05, 0.1) is 12.2 Å². The van der Waals surface area contributed by atoms with Crippen LogP contribution in [0.2, 0.25) is 0 Å². The summed E-state index contributed by atoms with van der Waals surface area (Å²) in [6, 6.07) is 22.7. The van der Waals surface area contributed by atoms with E-state index in [9.17, 15) is 4.79 Å². The van der Waals surface area contributed by atoms with Gasteiger partial charge in [-0.3, -0.25) is 9.69 Å². The van der Waals surface area contributed by atoms with Crippen molar-refractivity contribution >= 4 is 5.91 Å². The number of hydrogen-bond acceptors (Lipinski definition) is 5. The first kappa shape index (κ1) is 24.2. The zero-order valence-electron chi connectivity index (χ0n) is 20.3. The zero-order valence-corrected chi connectivity index (χ0v) is 20.3. The van der Waals surface area contributed by atoms with E-state index in [-0.39, 0.29) is 5.91 Å². The van der Waals surface area contributed by atoms with E-state index in [2.05, 4.69) is 64.9 Å². The standard InChI is InChI=1S/C28H36N4O2/c1-31(19-22-9-5-3-6-10-22)21-27-17-26(30-34-27)15-25-18-29-14-13-24(25)16-28(33)32(2)20-23-11-7-4-8-12-23/h3-12,17,24-25,29H,13-16,18-21H2,1-2H3/t24-,25-/m0/s1. The molecule has 2 atom stereocenters. The van der Waals surface area contributed by atoms with Gasteiger partial charge in [0, 0.05) is 32.6 Å². The van der Waals surface area contributed by atoms with Gasteiger partial charge in [-0.15, -0.1) is 0 Å². The molecule has 4 rings (SSSR count). The van der Waals surface area contributed by atoms with E-state index in [0.717, 1.165) is 56.0 Å². The molecule has 6 heteroatoms. The Labute approximate surface area is 202 Å². The molecule has 1 amide bonds. The molecule has 1 fully saturated rings. The lowest BCUT2D eigenvalue weighted by Gasteiger charge is -2.32. The number of nitrogens with zero attached hydrogens (tertiary/aromatic N) is 3. The normalized spacial score (nSPS) is 18.2. The predicted molar refractivity (Wildman–Crippen MR) is 134 cm³/mol. The molecule has 6 nitrogen and oxygen atoms in total. The fourth-order valence-corrected chi connectivity index (χ4v) is 4.82. The van der Waals surface area contributed by atoms with Crippen LogP contribution in [-0.4, -0.2) is 48.0 Å². The molecule has 1 N–H and O–H groups in total. The molecule has 0 unspecified atom stereocenters. The summed E-state index contributed by atoms with van der Waals surface area (Å²) < 4.78 is 5.65. The Balaban J connectivity index is 1.29. The summed E-state index contributed by atoms with van der Waals surface area (Å²) in [5.41, 5.74) is 3.42. The second kappa shape index (κ2) is 12.0. The number of carbonyl (C=O) groups is 1. The van der Waals surface area contributed by atoms with E-state index in [1.54, 1.807) is 0 Å². The minimum absolute atomic E-state index is 0.212. The Morgan fingerprint density at radius 1 is 0.971 bits per heavy atom. The van der Waals surface area contributed by atoms with Crippen molar-refractivity contribution in [1.29, 1.82) is 0 Å². The minimum Gasteiger partial charge on any atom is -0.360 e. The fourth-order valence-electron chi connectivity index (χ4n) is 4.82. The van der Waals surface area contributed by atoms with Gasteiger partial charge in [0.25, 0.3) is 0 Å². The molecule has 1 aliphatic heterocycles. The van der Waals surface area contributed by atoms with Crippen molar-refractivity contribution in [2.24, 2.45) is 11.8 Å². The predicted octanol–water partition coefficient (Wildman–Crippen LogP) is 4.12. The minimum atomic E-state index is 0.212. The molecule has 1 aromatic heterocycles. The Morgan fingerprint density at radius 3 is 2.35 bits per heavy atom. The number of amides is 1. The summed E-state index contributed by atoms with van der Waals surface area (Å²) in [5.74, 6) is 1.83. The molecule has 0 saturated carbocycles. The highest BCUT2D eigenvalue weighted by atomic mass is 16.5. The number of piperidine rings is 1. The highest BCUT2D eigenvalue weighted by molar-refractivity contribution is 5.76. The molecule has 3 aromatic rings. The van der Waals surface area contributed by atoms with Crippen LogP contribution in [0.25, 0.3) is 0 Å². The highest BCUT2D eigenvalue weighted by Crippen LogP contribution is 2.27. The van der Waals surface area contributed by atoms with Crippen LogP contribution < -0.4 is 5.32 Å². The van der Waals surface area contributed by atoms with E-state index in [1.165, 1.54) is 5.56 Å². The maximum Gasteiger partial charge on any atom is 0.222 e. The number of rotatable bonds is 10. The van der Waals surface area contributed by atoms with E-state index < -0.39 is 0 Å². The average molecular weight is 461 g/mol. The second-order valence-corrected chi connectivity index (χ2v) is 9.60. The van der Waals surface area contributed by atoms with Crippen LogP contribution in [0.5, 0.6) is 0 Å². The average Bonchev–Trinajstić information content (AvgIpc) is 3.28. The molecular weight excluding hydrogens is 424 g/mol. The highest BCUT2D eigenvalue weighted by Gasteiger charge is 2.29. The van der Waals surface area contributed by atoms with Crippen LogP contribution in [0.3, 0.4) is 0 Å². The first-order valence-electron chi connectivity index (χ1n) is 12.2. The lowest BCUT2D eigenvalue weighted by molar-refractivity contribution is -0.132. The molecule has 34 heavy (non-hydrogen) atoms. The summed E-state index contributed by atoms with van der Waals surface area (Å²) in [5, 5.41) is 7.85. The van der Waals surface area contributed by atoms with Crippen LogP contribution in [-0.2, 0) is 30.8 Å². The molecule has 2 heterocycles. The van der Waals surface area contributed by atoms with Crippen LogP contribution in [0.4, 0.5) is 0 Å². The lowest BCUT2D eigenvalue weighted by Crippen LogP contribution is -2.40. The van der Waals surface area contributed by atoms with Gasteiger partial charge < -0.3 is 14.7 Å². The van der Waals surface area contributed by atoms with Crippen molar-refractivity contribution in [2.75, 3.05) is 27.2 Å². The van der Waals surface area contributed by atoms with Gasteiger partial charge in [-0.25, -0.2) is 0 Å². The number of nitrogens with one attached hydrogen (secondary N) is 1. The Kier molecular flexibility index (Phi) is 8.50. The summed E-state index contributed by atoms with van der Waals surface area (Å²) in [7, 11) is 4.00. The third kappa shape index (κ3) is 7.02. The van der Waals surface area contributed by atoms with Crippen molar-refractivity contribution < 1.29 is 9.32 Å². The van der Waals surface area contributed by atoms with Crippen LogP contribution in [0.1, 0.15) is 35.4 Å². The third-order valence-corrected chi connectivity index (χ3v) is 6.69. The molecular formula is C28H36N4O2. The van der Waals surface area contributed by atoms with Crippen molar-refractivity contribution in [3.05, 3.63) is 89.3 Å². The monoisotopic (exact) mass is 460 g/mol. The molecule has 0 aliphatic carbocycles. The van der Waals surface area contributed by atoms with E-state index >= 15 is 0 Å². The van der Waals surface area contributed by atoms with Crippen molar-refractivity contribution in [3.63, 3.8) is 0 Å². The van der Waals surface area contributed by atoms with Gasteiger partial charge in [0.15, 0.2) is 5.76 Å². The van der Waals surface area contributed by atoms with Crippen LogP contribution in [0, 0.1) is 11.8 Å². The third-order valence-electron chi connectivity index (χ3n) is 6.69. The number of aromatic nitrogens is 1. The molecule has 0 radical (unpaired) electrons. The number of benzene rings is 2. The first-order chi connectivity index (χ1) is 16.6. The van der Waals surface area contributed by atoms with E-state index in [4.69, 9.17) is 4.52 Å². The zero-order chi connectivity index (χ0) is 23.8. The maximum atomic E-state index is 13.0. The van der Waals surface area contributed by atoms with Gasteiger partial charge in [0.2, 0.25) is 5.91 Å². The van der Waals surface area contributed by atoms with Gasteiger partial charge >= 0.3 is 0 Å². The largest absolute Gasteiger partial charge is 0.360 e. The summed E-state index contributed by atoms with van der Waals surface area (Å²) >= 11 is 0. The smallest absolute Gasteiger partial charge is 0.222 e. The van der Waals surface area contributed by atoms with Crippen LogP contribution >= 0.6 is 0 Å². The Hall–Kier alpha value is -2.96. The van der Waals surface area contributed by atoms with Crippen molar-refractivity contribution in [2.45, 2.75) is 38.9 Å². The molecule has 1 aliphatic rings. The molecule has 0 bridgehead atoms.